The molecule has 0 aliphatic rings. The SMILES string of the molecule is Nc1nc(N)c2c(CCc3ccc(C(=O)N[C@@H](CCC(=O)Nc4ccc5n[nH]nc5c4)C(=O)O)cc3)c[nH]c2n1. The van der Waals surface area contributed by atoms with Crippen LogP contribution in [0.4, 0.5) is 17.5 Å². The molecule has 0 saturated heterocycles. The summed E-state index contributed by atoms with van der Waals surface area (Å²) < 4.78 is 0. The summed E-state index contributed by atoms with van der Waals surface area (Å²) in [4.78, 5) is 48.1. The van der Waals surface area contributed by atoms with Crippen molar-refractivity contribution in [3.8, 4) is 0 Å². The van der Waals surface area contributed by atoms with Crippen LogP contribution in [-0.2, 0) is 22.4 Å². The third kappa shape index (κ3) is 5.80. The number of carboxylic acids is 1. The zero-order valence-electron chi connectivity index (χ0n) is 21.1. The Morgan fingerprint density at radius 3 is 2.52 bits per heavy atom. The molecule has 14 nitrogen and oxygen atoms in total. The molecule has 3 heterocycles. The number of nitrogens with two attached hydrogens (primary N) is 2. The molecule has 5 aromatic rings. The maximum Gasteiger partial charge on any atom is 0.326 e. The van der Waals surface area contributed by atoms with E-state index >= 15 is 0 Å². The van der Waals surface area contributed by atoms with Crippen LogP contribution in [0.3, 0.4) is 0 Å². The Hall–Kier alpha value is -5.53. The number of aliphatic carboxylic acids is 1. The lowest BCUT2D eigenvalue weighted by Gasteiger charge is -2.15. The van der Waals surface area contributed by atoms with Crippen LogP contribution in [0.25, 0.3) is 22.1 Å². The Labute approximate surface area is 226 Å². The number of carbonyl (C=O) groups is 3. The molecule has 40 heavy (non-hydrogen) atoms. The van der Waals surface area contributed by atoms with E-state index in [0.29, 0.717) is 46.6 Å². The summed E-state index contributed by atoms with van der Waals surface area (Å²) in [5.74, 6) is -1.76. The molecule has 0 radical (unpaired) electrons. The van der Waals surface area contributed by atoms with Gasteiger partial charge in [-0.05, 0) is 60.7 Å². The van der Waals surface area contributed by atoms with E-state index in [1.165, 1.54) is 0 Å². The second-order valence-corrected chi connectivity index (χ2v) is 9.18. The van der Waals surface area contributed by atoms with Crippen molar-refractivity contribution < 1.29 is 19.5 Å². The Kier molecular flexibility index (Phi) is 7.22. The summed E-state index contributed by atoms with van der Waals surface area (Å²) >= 11 is 0. The second-order valence-electron chi connectivity index (χ2n) is 9.18. The minimum atomic E-state index is -1.24. The topological polar surface area (TPSA) is 231 Å². The molecule has 2 aromatic carbocycles. The number of anilines is 3. The van der Waals surface area contributed by atoms with E-state index in [1.807, 2.05) is 6.20 Å². The van der Waals surface area contributed by atoms with Crippen LogP contribution < -0.4 is 22.1 Å². The number of nitrogen functional groups attached to an aromatic ring is 2. The first kappa shape index (κ1) is 26.1. The number of rotatable bonds is 10. The first-order chi connectivity index (χ1) is 19.3. The highest BCUT2D eigenvalue weighted by Crippen LogP contribution is 2.24. The van der Waals surface area contributed by atoms with Gasteiger partial charge in [0.25, 0.3) is 5.91 Å². The lowest BCUT2D eigenvalue weighted by molar-refractivity contribution is -0.139. The van der Waals surface area contributed by atoms with Gasteiger partial charge in [0, 0.05) is 23.9 Å². The molecule has 3 aromatic heterocycles. The zero-order valence-corrected chi connectivity index (χ0v) is 21.1. The number of carbonyl (C=O) groups excluding carboxylic acids is 2. The second kappa shape index (κ2) is 11.1. The lowest BCUT2D eigenvalue weighted by Crippen LogP contribution is -2.41. The fraction of sp³-hybridized carbons (Fsp3) is 0.192. The van der Waals surface area contributed by atoms with E-state index in [4.69, 9.17) is 11.5 Å². The van der Waals surface area contributed by atoms with Crippen LogP contribution in [0.5, 0.6) is 0 Å². The molecule has 0 bridgehead atoms. The third-order valence-electron chi connectivity index (χ3n) is 6.42. The summed E-state index contributed by atoms with van der Waals surface area (Å²) in [6.45, 7) is 0. The highest BCUT2D eigenvalue weighted by molar-refractivity contribution is 5.97. The minimum absolute atomic E-state index is 0.0830. The highest BCUT2D eigenvalue weighted by atomic mass is 16.4. The predicted octanol–water partition coefficient (Wildman–Crippen LogP) is 1.78. The average molecular weight is 543 g/mol. The lowest BCUT2D eigenvalue weighted by atomic mass is 10.0. The van der Waals surface area contributed by atoms with Gasteiger partial charge in [-0.2, -0.15) is 25.4 Å². The molecule has 9 N–H and O–H groups in total. The van der Waals surface area contributed by atoms with E-state index < -0.39 is 17.9 Å². The largest absolute Gasteiger partial charge is 0.480 e. The number of nitrogens with zero attached hydrogens (tertiary/aromatic N) is 4. The Balaban J connectivity index is 1.14. The van der Waals surface area contributed by atoms with Gasteiger partial charge >= 0.3 is 5.97 Å². The van der Waals surface area contributed by atoms with Gasteiger partial charge in [-0.1, -0.05) is 12.1 Å². The monoisotopic (exact) mass is 542 g/mol. The molecule has 204 valence electrons. The number of fused-ring (bicyclic) bond motifs is 2. The van der Waals surface area contributed by atoms with Crippen molar-refractivity contribution in [2.45, 2.75) is 31.7 Å². The standard InChI is InChI=1S/C26H26N10O4/c27-22-21-15(12-29-23(21)33-26(28)32-22)6-3-13-1-4-14(5-2-13)24(38)31-18(25(39)40)9-10-20(37)30-16-7-8-17-19(11-16)35-36-34-17/h1-2,4-5,7-8,11-12,18H,3,6,9-10H2,(H,30,37)(H,31,38)(H,39,40)(H,34,35,36)(H5,27,28,29,32,33)/t18-/m0/s1. The van der Waals surface area contributed by atoms with Crippen molar-refractivity contribution in [3.63, 3.8) is 0 Å². The Bertz CT molecular complexity index is 1710. The van der Waals surface area contributed by atoms with Crippen LogP contribution in [0.15, 0.2) is 48.7 Å². The molecule has 2 amide bonds. The van der Waals surface area contributed by atoms with Gasteiger partial charge in [0.2, 0.25) is 11.9 Å². The third-order valence-corrected chi connectivity index (χ3v) is 6.42. The van der Waals surface area contributed by atoms with Gasteiger partial charge in [0.05, 0.1) is 5.39 Å². The van der Waals surface area contributed by atoms with Crippen LogP contribution in [-0.4, -0.2) is 59.3 Å². The fourth-order valence-corrected chi connectivity index (χ4v) is 4.36. The van der Waals surface area contributed by atoms with E-state index in [-0.39, 0.29) is 24.7 Å². The molecule has 0 aliphatic heterocycles. The molecule has 0 unspecified atom stereocenters. The number of benzene rings is 2. The summed E-state index contributed by atoms with van der Waals surface area (Å²) in [6.07, 6.45) is 2.94. The number of hydrogen-bond acceptors (Lipinski definition) is 9. The zero-order chi connectivity index (χ0) is 28.2. The molecule has 5 rings (SSSR count). The van der Waals surface area contributed by atoms with E-state index in [9.17, 15) is 19.5 Å². The van der Waals surface area contributed by atoms with Crippen molar-refractivity contribution in [2.75, 3.05) is 16.8 Å². The summed E-state index contributed by atoms with van der Waals surface area (Å²) in [7, 11) is 0. The number of H-pyrrole nitrogens is 2. The minimum Gasteiger partial charge on any atom is -0.480 e. The van der Waals surface area contributed by atoms with Crippen LogP contribution in [0.2, 0.25) is 0 Å². The van der Waals surface area contributed by atoms with Crippen molar-refractivity contribution in [3.05, 3.63) is 65.4 Å². The molecule has 0 aliphatic carbocycles. The first-order valence-electron chi connectivity index (χ1n) is 12.4. The maximum absolute atomic E-state index is 12.7. The Morgan fingerprint density at radius 2 is 1.75 bits per heavy atom. The van der Waals surface area contributed by atoms with Crippen molar-refractivity contribution in [1.29, 1.82) is 0 Å². The first-order valence-corrected chi connectivity index (χ1v) is 12.4. The molecule has 0 spiro atoms. The molecule has 14 heteroatoms. The van der Waals surface area contributed by atoms with Gasteiger partial charge in [-0.15, -0.1) is 0 Å². The number of aromatic amines is 2. The van der Waals surface area contributed by atoms with E-state index in [1.54, 1.807) is 42.5 Å². The number of carboxylic acid groups (broad SMARTS) is 1. The van der Waals surface area contributed by atoms with Gasteiger partial charge < -0.3 is 32.2 Å². The number of amides is 2. The van der Waals surface area contributed by atoms with E-state index in [0.717, 1.165) is 16.5 Å². The normalized spacial score (nSPS) is 11.9. The molecule has 0 fully saturated rings. The summed E-state index contributed by atoms with van der Waals surface area (Å²) in [6, 6.07) is 10.6. The van der Waals surface area contributed by atoms with Crippen molar-refractivity contribution in [2.24, 2.45) is 0 Å². The predicted molar refractivity (Wildman–Crippen MR) is 147 cm³/mol. The van der Waals surface area contributed by atoms with Crippen molar-refractivity contribution in [1.82, 2.24) is 35.7 Å². The number of nitrogens with one attached hydrogen (secondary N) is 4. The van der Waals surface area contributed by atoms with Crippen molar-refractivity contribution >= 4 is 57.3 Å². The number of aryl methyl sites for hydroxylation is 2. The molecular formula is C26H26N10O4. The molecular weight excluding hydrogens is 516 g/mol. The number of aromatic nitrogens is 6. The summed E-state index contributed by atoms with van der Waals surface area (Å²) in [5, 5.41) is 25.9. The van der Waals surface area contributed by atoms with Gasteiger partial charge in [-0.25, -0.2) is 4.79 Å². The van der Waals surface area contributed by atoms with Gasteiger partial charge in [0.15, 0.2) is 0 Å². The molecule has 0 saturated carbocycles. The van der Waals surface area contributed by atoms with Crippen LogP contribution >= 0.6 is 0 Å². The van der Waals surface area contributed by atoms with Crippen LogP contribution in [0, 0.1) is 0 Å². The molecule has 1 atom stereocenters. The maximum atomic E-state index is 12.7. The summed E-state index contributed by atoms with van der Waals surface area (Å²) in [5.41, 5.74) is 16.2. The van der Waals surface area contributed by atoms with Gasteiger partial charge in [-0.3, -0.25) is 9.59 Å². The van der Waals surface area contributed by atoms with E-state index in [2.05, 4.69) is 41.0 Å². The number of hydrogen-bond donors (Lipinski definition) is 7. The van der Waals surface area contributed by atoms with Crippen LogP contribution in [0.1, 0.15) is 34.3 Å². The average Bonchev–Trinajstić information content (AvgIpc) is 3.56. The smallest absolute Gasteiger partial charge is 0.326 e. The van der Waals surface area contributed by atoms with Gasteiger partial charge in [0.1, 0.15) is 28.5 Å². The quantitative estimate of drug-likeness (QED) is 0.135. The highest BCUT2D eigenvalue weighted by Gasteiger charge is 2.22. The fourth-order valence-electron chi connectivity index (χ4n) is 4.36. The Morgan fingerprint density at radius 1 is 0.975 bits per heavy atom.